The Morgan fingerprint density at radius 2 is 1.66 bits per heavy atom. The van der Waals surface area contributed by atoms with Crippen molar-refractivity contribution in [3.63, 3.8) is 0 Å². The van der Waals surface area contributed by atoms with Crippen LogP contribution in [0.2, 0.25) is 0 Å². The molecule has 1 aliphatic carbocycles. The van der Waals surface area contributed by atoms with Crippen LogP contribution in [-0.2, 0) is 14.3 Å². The van der Waals surface area contributed by atoms with Crippen LogP contribution in [0.25, 0.3) is 0 Å². The molecule has 0 aromatic heterocycles. The third-order valence-electron chi connectivity index (χ3n) is 6.70. The van der Waals surface area contributed by atoms with Gasteiger partial charge in [-0.15, -0.1) is 0 Å². The summed E-state index contributed by atoms with van der Waals surface area (Å²) in [6, 6.07) is 18.4. The molecule has 0 radical (unpaired) electrons. The molecular weight excluding hydrogens is 404 g/mol. The molecule has 2 amide bonds. The minimum Gasteiger partial charge on any atom is -0.466 e. The highest BCUT2D eigenvalue weighted by Gasteiger charge is 2.71. The maximum absolute atomic E-state index is 13.9. The second kappa shape index (κ2) is 8.77. The van der Waals surface area contributed by atoms with E-state index in [9.17, 15) is 14.4 Å². The lowest BCUT2D eigenvalue weighted by Gasteiger charge is -2.45. The van der Waals surface area contributed by atoms with Crippen LogP contribution < -0.4 is 5.32 Å². The fraction of sp³-hybridized carbons (Fsp3) is 0.423. The second-order valence-corrected chi connectivity index (χ2v) is 8.76. The number of rotatable bonds is 7. The van der Waals surface area contributed by atoms with Crippen LogP contribution in [0.1, 0.15) is 49.0 Å². The number of amides is 2. The number of likely N-dealkylation sites (tertiary alicyclic amines) is 1. The van der Waals surface area contributed by atoms with Gasteiger partial charge in [-0.2, -0.15) is 0 Å². The SMILES string of the molecule is CCCN1C(=O)[C@](C)(NC(=O)c2ccccc2)[C@@H](c2ccccc2)[C@H]2[C@@H](C(=O)OCC)[C@H]21. The standard InChI is InChI=1S/C26H30N2O4/c1-4-16-28-22-19(20(22)24(30)32-5-2)21(17-12-8-6-9-13-17)26(3,25(28)31)27-23(29)18-14-10-7-11-15-18/h6-15,19-22H,4-5,16H2,1-3H3,(H,27,29)/t19-,20-,21+,22+,26-/m1/s1. The zero-order valence-electron chi connectivity index (χ0n) is 18.8. The molecule has 6 nitrogen and oxygen atoms in total. The smallest absolute Gasteiger partial charge is 0.311 e. The number of carbonyl (C=O) groups is 3. The number of carbonyl (C=O) groups excluding carboxylic acids is 3. The summed E-state index contributed by atoms with van der Waals surface area (Å²) >= 11 is 0. The Balaban J connectivity index is 1.77. The van der Waals surface area contributed by atoms with Gasteiger partial charge in [0.2, 0.25) is 5.91 Å². The van der Waals surface area contributed by atoms with E-state index >= 15 is 0 Å². The van der Waals surface area contributed by atoms with Crippen molar-refractivity contribution < 1.29 is 19.1 Å². The number of benzene rings is 2. The van der Waals surface area contributed by atoms with Gasteiger partial charge in [-0.1, -0.05) is 55.5 Å². The number of hydrogen-bond acceptors (Lipinski definition) is 4. The summed E-state index contributed by atoms with van der Waals surface area (Å²) in [5.41, 5.74) is 0.246. The molecule has 1 aliphatic heterocycles. The topological polar surface area (TPSA) is 75.7 Å². The number of nitrogens with zero attached hydrogens (tertiary/aromatic N) is 1. The predicted octanol–water partition coefficient (Wildman–Crippen LogP) is 3.39. The van der Waals surface area contributed by atoms with Crippen molar-refractivity contribution in [2.75, 3.05) is 13.2 Å². The monoisotopic (exact) mass is 434 g/mol. The van der Waals surface area contributed by atoms with Crippen LogP contribution in [0.5, 0.6) is 0 Å². The van der Waals surface area contributed by atoms with E-state index in [1.807, 2.05) is 43.3 Å². The van der Waals surface area contributed by atoms with Gasteiger partial charge in [0.1, 0.15) is 5.54 Å². The van der Waals surface area contributed by atoms with E-state index in [4.69, 9.17) is 4.74 Å². The van der Waals surface area contributed by atoms with Gasteiger partial charge < -0.3 is 15.0 Å². The minimum atomic E-state index is -1.19. The fourth-order valence-corrected chi connectivity index (χ4v) is 5.35. The summed E-state index contributed by atoms with van der Waals surface area (Å²) < 4.78 is 5.36. The molecule has 6 heteroatoms. The number of ether oxygens (including phenoxy) is 1. The van der Waals surface area contributed by atoms with E-state index in [0.717, 1.165) is 12.0 Å². The maximum atomic E-state index is 13.9. The number of nitrogens with one attached hydrogen (secondary N) is 1. The first-order valence-corrected chi connectivity index (χ1v) is 11.3. The first kappa shape index (κ1) is 22.1. The Kier molecular flexibility index (Phi) is 6.04. The van der Waals surface area contributed by atoms with Gasteiger partial charge in [0.25, 0.3) is 5.91 Å². The number of piperidine rings is 1. The molecule has 0 spiro atoms. The second-order valence-electron chi connectivity index (χ2n) is 8.76. The molecular formula is C26H30N2O4. The third-order valence-corrected chi connectivity index (χ3v) is 6.70. The summed E-state index contributed by atoms with van der Waals surface area (Å²) in [7, 11) is 0. The van der Waals surface area contributed by atoms with Gasteiger partial charge in [-0.05, 0) is 38.0 Å². The van der Waals surface area contributed by atoms with Gasteiger partial charge in [0.05, 0.1) is 12.5 Å². The Bertz CT molecular complexity index is 993. The van der Waals surface area contributed by atoms with E-state index in [0.29, 0.717) is 18.7 Å². The summed E-state index contributed by atoms with van der Waals surface area (Å²) in [5.74, 6) is -1.55. The molecule has 2 fully saturated rings. The summed E-state index contributed by atoms with van der Waals surface area (Å²) in [5, 5.41) is 3.06. The van der Waals surface area contributed by atoms with E-state index < -0.39 is 5.54 Å². The molecule has 1 N–H and O–H groups in total. The van der Waals surface area contributed by atoms with Gasteiger partial charge >= 0.3 is 5.97 Å². The first-order chi connectivity index (χ1) is 15.4. The van der Waals surface area contributed by atoms with Crippen molar-refractivity contribution in [3.8, 4) is 0 Å². The van der Waals surface area contributed by atoms with E-state index in [-0.39, 0.29) is 41.6 Å². The summed E-state index contributed by atoms with van der Waals surface area (Å²) in [6.45, 7) is 6.43. The van der Waals surface area contributed by atoms with E-state index in [1.165, 1.54) is 0 Å². The van der Waals surface area contributed by atoms with Crippen molar-refractivity contribution in [2.24, 2.45) is 11.8 Å². The quantitative estimate of drug-likeness (QED) is 0.678. The summed E-state index contributed by atoms with van der Waals surface area (Å²) in [6.07, 6.45) is 0.767. The van der Waals surface area contributed by atoms with Gasteiger partial charge in [-0.3, -0.25) is 14.4 Å². The van der Waals surface area contributed by atoms with Crippen molar-refractivity contribution in [1.29, 1.82) is 0 Å². The average molecular weight is 435 g/mol. The highest BCUT2D eigenvalue weighted by atomic mass is 16.5. The number of esters is 1. The molecule has 0 bridgehead atoms. The lowest BCUT2D eigenvalue weighted by Crippen LogP contribution is -2.65. The van der Waals surface area contributed by atoms with Crippen LogP contribution in [-0.4, -0.2) is 47.4 Å². The van der Waals surface area contributed by atoms with Gasteiger partial charge in [-0.25, -0.2) is 0 Å². The molecule has 2 aromatic carbocycles. The Morgan fingerprint density at radius 3 is 2.25 bits per heavy atom. The van der Waals surface area contributed by atoms with Crippen LogP contribution >= 0.6 is 0 Å². The van der Waals surface area contributed by atoms with Crippen molar-refractivity contribution >= 4 is 17.8 Å². The Morgan fingerprint density at radius 1 is 1.03 bits per heavy atom. The first-order valence-electron chi connectivity index (χ1n) is 11.3. The molecule has 2 aromatic rings. The number of hydrogen-bond donors (Lipinski definition) is 1. The largest absolute Gasteiger partial charge is 0.466 e. The number of fused-ring (bicyclic) bond motifs is 1. The van der Waals surface area contributed by atoms with Crippen molar-refractivity contribution in [2.45, 2.75) is 44.7 Å². The highest BCUT2D eigenvalue weighted by Crippen LogP contribution is 2.60. The highest BCUT2D eigenvalue weighted by molar-refractivity contribution is 6.01. The minimum absolute atomic E-state index is 0.109. The van der Waals surface area contributed by atoms with Crippen LogP contribution in [0, 0.1) is 11.8 Å². The Hall–Kier alpha value is -3.15. The fourth-order valence-electron chi connectivity index (χ4n) is 5.35. The molecule has 0 unspecified atom stereocenters. The van der Waals surface area contributed by atoms with Crippen LogP contribution in [0.15, 0.2) is 60.7 Å². The summed E-state index contributed by atoms with van der Waals surface area (Å²) in [4.78, 5) is 41.7. The van der Waals surface area contributed by atoms with E-state index in [2.05, 4.69) is 5.32 Å². The molecule has 4 rings (SSSR count). The molecule has 1 saturated heterocycles. The van der Waals surface area contributed by atoms with Gasteiger partial charge in [0, 0.05) is 30.0 Å². The molecule has 1 heterocycles. The zero-order chi connectivity index (χ0) is 22.9. The lowest BCUT2D eigenvalue weighted by molar-refractivity contribution is -0.145. The average Bonchev–Trinajstić information content (AvgIpc) is 3.53. The molecule has 168 valence electrons. The molecule has 5 atom stereocenters. The maximum Gasteiger partial charge on any atom is 0.311 e. The van der Waals surface area contributed by atoms with Gasteiger partial charge in [0.15, 0.2) is 0 Å². The third kappa shape index (κ3) is 3.68. The zero-order valence-corrected chi connectivity index (χ0v) is 18.8. The predicted molar refractivity (Wildman–Crippen MR) is 121 cm³/mol. The van der Waals surface area contributed by atoms with Crippen molar-refractivity contribution in [1.82, 2.24) is 10.2 Å². The van der Waals surface area contributed by atoms with Crippen molar-refractivity contribution in [3.05, 3.63) is 71.8 Å². The van der Waals surface area contributed by atoms with E-state index in [1.54, 1.807) is 43.0 Å². The Labute approximate surface area is 188 Å². The molecule has 1 saturated carbocycles. The van der Waals surface area contributed by atoms with Crippen LogP contribution in [0.3, 0.4) is 0 Å². The van der Waals surface area contributed by atoms with Crippen LogP contribution in [0.4, 0.5) is 0 Å². The molecule has 2 aliphatic rings. The molecule has 32 heavy (non-hydrogen) atoms. The normalized spacial score (nSPS) is 28.6. The lowest BCUT2D eigenvalue weighted by atomic mass is 9.73.